The van der Waals surface area contributed by atoms with Crippen molar-refractivity contribution in [2.75, 3.05) is 13.6 Å². The van der Waals surface area contributed by atoms with Gasteiger partial charge in [0, 0.05) is 11.6 Å². The minimum absolute atomic E-state index is 0.207. The van der Waals surface area contributed by atoms with Crippen molar-refractivity contribution < 1.29 is 0 Å². The molecule has 0 bridgehead atoms. The van der Waals surface area contributed by atoms with Gasteiger partial charge in [-0.3, -0.25) is 0 Å². The second-order valence-corrected chi connectivity index (χ2v) is 5.74. The van der Waals surface area contributed by atoms with Gasteiger partial charge in [0.2, 0.25) is 0 Å². The van der Waals surface area contributed by atoms with Crippen LogP contribution in [0.3, 0.4) is 0 Å². The van der Waals surface area contributed by atoms with Crippen molar-refractivity contribution in [3.63, 3.8) is 0 Å². The van der Waals surface area contributed by atoms with Gasteiger partial charge in [0.15, 0.2) is 0 Å². The Labute approximate surface area is 94.2 Å². The predicted octanol–water partition coefficient (Wildman–Crippen LogP) is 2.52. The Balaban J connectivity index is 1.76. The lowest BCUT2D eigenvalue weighted by atomic mass is 9.88. The molecule has 1 saturated carbocycles. The van der Waals surface area contributed by atoms with Crippen molar-refractivity contribution in [1.29, 1.82) is 0 Å². The average Bonchev–Trinajstić information content (AvgIpc) is 2.65. The SMILES string of the molecule is CN1CCCCC1CCC1(N)CCCC1. The zero-order valence-corrected chi connectivity index (χ0v) is 10.2. The van der Waals surface area contributed by atoms with E-state index in [-0.39, 0.29) is 5.54 Å². The van der Waals surface area contributed by atoms with Crippen molar-refractivity contribution in [3.8, 4) is 0 Å². The normalized spacial score (nSPS) is 32.0. The maximum Gasteiger partial charge on any atom is 0.0154 e. The van der Waals surface area contributed by atoms with E-state index in [2.05, 4.69) is 11.9 Å². The van der Waals surface area contributed by atoms with E-state index in [1.807, 2.05) is 0 Å². The molecular weight excluding hydrogens is 184 g/mol. The molecule has 1 aliphatic carbocycles. The highest BCUT2D eigenvalue weighted by Gasteiger charge is 2.30. The first-order chi connectivity index (χ1) is 7.20. The molecule has 1 atom stereocenters. The zero-order chi connectivity index (χ0) is 10.7. The fourth-order valence-electron chi connectivity index (χ4n) is 3.29. The molecule has 88 valence electrons. The van der Waals surface area contributed by atoms with Crippen molar-refractivity contribution in [3.05, 3.63) is 0 Å². The number of hydrogen-bond donors (Lipinski definition) is 1. The molecule has 2 rings (SSSR count). The van der Waals surface area contributed by atoms with E-state index in [1.54, 1.807) is 0 Å². The molecule has 1 saturated heterocycles. The quantitative estimate of drug-likeness (QED) is 0.775. The number of piperidine rings is 1. The molecule has 15 heavy (non-hydrogen) atoms. The van der Waals surface area contributed by atoms with E-state index in [0.29, 0.717) is 0 Å². The van der Waals surface area contributed by atoms with Gasteiger partial charge in [0.1, 0.15) is 0 Å². The van der Waals surface area contributed by atoms with E-state index in [1.165, 1.54) is 64.3 Å². The second-order valence-electron chi connectivity index (χ2n) is 5.74. The number of rotatable bonds is 3. The minimum atomic E-state index is 0.207. The first kappa shape index (κ1) is 11.4. The van der Waals surface area contributed by atoms with Gasteiger partial charge in [-0.05, 0) is 52.1 Å². The van der Waals surface area contributed by atoms with E-state index >= 15 is 0 Å². The molecule has 1 aliphatic heterocycles. The summed E-state index contributed by atoms with van der Waals surface area (Å²) in [5.41, 5.74) is 6.61. The lowest BCUT2D eigenvalue weighted by Gasteiger charge is -2.35. The van der Waals surface area contributed by atoms with Crippen molar-refractivity contribution >= 4 is 0 Å². The summed E-state index contributed by atoms with van der Waals surface area (Å²) < 4.78 is 0. The fraction of sp³-hybridized carbons (Fsp3) is 1.00. The summed E-state index contributed by atoms with van der Waals surface area (Å²) in [5, 5.41) is 0. The van der Waals surface area contributed by atoms with Crippen LogP contribution in [-0.4, -0.2) is 30.1 Å². The molecule has 2 heteroatoms. The van der Waals surface area contributed by atoms with Gasteiger partial charge in [-0.15, -0.1) is 0 Å². The van der Waals surface area contributed by atoms with Crippen LogP contribution in [0.4, 0.5) is 0 Å². The van der Waals surface area contributed by atoms with E-state index < -0.39 is 0 Å². The fourth-order valence-corrected chi connectivity index (χ4v) is 3.29. The highest BCUT2D eigenvalue weighted by atomic mass is 15.1. The molecular formula is C13H26N2. The Morgan fingerprint density at radius 2 is 1.93 bits per heavy atom. The molecule has 1 unspecified atom stereocenters. The van der Waals surface area contributed by atoms with Gasteiger partial charge >= 0.3 is 0 Å². The van der Waals surface area contributed by atoms with Crippen molar-refractivity contribution in [2.45, 2.75) is 69.4 Å². The van der Waals surface area contributed by atoms with Crippen LogP contribution in [0.1, 0.15) is 57.8 Å². The van der Waals surface area contributed by atoms with Crippen LogP contribution < -0.4 is 5.73 Å². The maximum atomic E-state index is 6.40. The second kappa shape index (κ2) is 4.84. The summed E-state index contributed by atoms with van der Waals surface area (Å²) in [6.45, 7) is 1.29. The summed E-state index contributed by atoms with van der Waals surface area (Å²) in [6, 6.07) is 0.819. The maximum absolute atomic E-state index is 6.40. The molecule has 2 N–H and O–H groups in total. The molecule has 0 aromatic heterocycles. The first-order valence-corrected chi connectivity index (χ1v) is 6.69. The number of nitrogens with zero attached hydrogens (tertiary/aromatic N) is 1. The summed E-state index contributed by atoms with van der Waals surface area (Å²) in [4.78, 5) is 2.54. The van der Waals surface area contributed by atoms with Crippen LogP contribution in [0.25, 0.3) is 0 Å². The lowest BCUT2D eigenvalue weighted by Crippen LogP contribution is -2.41. The van der Waals surface area contributed by atoms with Crippen LogP contribution in [0.15, 0.2) is 0 Å². The largest absolute Gasteiger partial charge is 0.325 e. The Kier molecular flexibility index (Phi) is 3.68. The van der Waals surface area contributed by atoms with E-state index in [9.17, 15) is 0 Å². The summed E-state index contributed by atoms with van der Waals surface area (Å²) in [6.07, 6.45) is 12.0. The molecule has 0 spiro atoms. The van der Waals surface area contributed by atoms with Gasteiger partial charge in [0.05, 0.1) is 0 Å². The van der Waals surface area contributed by atoms with Gasteiger partial charge in [-0.25, -0.2) is 0 Å². The zero-order valence-electron chi connectivity index (χ0n) is 10.2. The lowest BCUT2D eigenvalue weighted by molar-refractivity contribution is 0.164. The summed E-state index contributed by atoms with van der Waals surface area (Å²) >= 11 is 0. The molecule has 2 nitrogen and oxygen atoms in total. The van der Waals surface area contributed by atoms with Crippen LogP contribution in [0.5, 0.6) is 0 Å². The Bertz CT molecular complexity index is 197. The third-order valence-corrected chi connectivity index (χ3v) is 4.50. The minimum Gasteiger partial charge on any atom is -0.325 e. The summed E-state index contributed by atoms with van der Waals surface area (Å²) in [7, 11) is 2.28. The molecule has 1 heterocycles. The highest BCUT2D eigenvalue weighted by Crippen LogP contribution is 2.32. The Morgan fingerprint density at radius 3 is 2.60 bits per heavy atom. The van der Waals surface area contributed by atoms with Crippen LogP contribution in [0, 0.1) is 0 Å². The molecule has 2 fully saturated rings. The topological polar surface area (TPSA) is 29.3 Å². The molecule has 2 aliphatic rings. The Morgan fingerprint density at radius 1 is 1.20 bits per heavy atom. The van der Waals surface area contributed by atoms with Gasteiger partial charge in [-0.1, -0.05) is 19.3 Å². The van der Waals surface area contributed by atoms with Gasteiger partial charge in [0.25, 0.3) is 0 Å². The third-order valence-electron chi connectivity index (χ3n) is 4.50. The molecule has 0 aromatic rings. The number of hydrogen-bond acceptors (Lipinski definition) is 2. The standard InChI is InChI=1S/C13H26N2/c1-15-11-5-2-6-12(15)7-10-13(14)8-3-4-9-13/h12H,2-11,14H2,1H3. The third kappa shape index (κ3) is 2.94. The molecule has 0 radical (unpaired) electrons. The monoisotopic (exact) mass is 210 g/mol. The number of nitrogens with two attached hydrogens (primary N) is 1. The van der Waals surface area contributed by atoms with Crippen molar-refractivity contribution in [2.24, 2.45) is 5.73 Å². The van der Waals surface area contributed by atoms with Crippen molar-refractivity contribution in [1.82, 2.24) is 4.90 Å². The van der Waals surface area contributed by atoms with E-state index in [0.717, 1.165) is 6.04 Å². The Hall–Kier alpha value is -0.0800. The van der Waals surface area contributed by atoms with Gasteiger partial charge in [-0.2, -0.15) is 0 Å². The first-order valence-electron chi connectivity index (χ1n) is 6.69. The van der Waals surface area contributed by atoms with Gasteiger partial charge < -0.3 is 10.6 Å². The average molecular weight is 210 g/mol. The smallest absolute Gasteiger partial charge is 0.0154 e. The highest BCUT2D eigenvalue weighted by molar-refractivity contribution is 4.90. The van der Waals surface area contributed by atoms with Crippen LogP contribution >= 0.6 is 0 Å². The van der Waals surface area contributed by atoms with Crippen LogP contribution in [-0.2, 0) is 0 Å². The predicted molar refractivity (Wildman–Crippen MR) is 64.9 cm³/mol. The summed E-state index contributed by atoms with van der Waals surface area (Å²) in [5.74, 6) is 0. The molecule has 0 amide bonds. The van der Waals surface area contributed by atoms with Crippen LogP contribution in [0.2, 0.25) is 0 Å². The van der Waals surface area contributed by atoms with E-state index in [4.69, 9.17) is 5.73 Å². The number of likely N-dealkylation sites (tertiary alicyclic amines) is 1. The molecule has 0 aromatic carbocycles.